The number of hydrogen-bond donors (Lipinski definition) is 2. The lowest BCUT2D eigenvalue weighted by molar-refractivity contribution is -0.141. The zero-order valence-electron chi connectivity index (χ0n) is 13.6. The summed E-state index contributed by atoms with van der Waals surface area (Å²) in [5.74, 6) is 0.653. The van der Waals surface area contributed by atoms with E-state index in [1.165, 1.54) is 0 Å². The minimum absolute atomic E-state index is 0.102. The van der Waals surface area contributed by atoms with E-state index in [4.69, 9.17) is 0 Å². The van der Waals surface area contributed by atoms with Gasteiger partial charge in [0.15, 0.2) is 0 Å². The standard InChI is InChI=1S/C17H23N5O2/c23-16(12-3-4-12)21-6-8-22(9-7-21)17(24)15-10-14(19-20-15)13-2-1-5-18-11-13/h1-2,5,11-12,14-15,19-20H,3-4,6-10H2. The van der Waals surface area contributed by atoms with Crippen molar-refractivity contribution in [2.24, 2.45) is 5.92 Å². The third kappa shape index (κ3) is 3.14. The molecule has 0 radical (unpaired) electrons. The highest BCUT2D eigenvalue weighted by Crippen LogP contribution is 2.31. The van der Waals surface area contributed by atoms with Crippen LogP contribution in [0.2, 0.25) is 0 Å². The Balaban J connectivity index is 1.30. The van der Waals surface area contributed by atoms with Crippen molar-refractivity contribution in [3.63, 3.8) is 0 Å². The molecule has 1 aromatic heterocycles. The molecule has 7 nitrogen and oxygen atoms in total. The molecular formula is C17H23N5O2. The molecular weight excluding hydrogens is 306 g/mol. The van der Waals surface area contributed by atoms with Crippen molar-refractivity contribution in [3.8, 4) is 0 Å². The molecule has 0 bridgehead atoms. The highest BCUT2D eigenvalue weighted by molar-refractivity contribution is 5.83. The van der Waals surface area contributed by atoms with Gasteiger partial charge in [0.1, 0.15) is 6.04 Å². The predicted molar refractivity (Wildman–Crippen MR) is 87.5 cm³/mol. The van der Waals surface area contributed by atoms with Crippen LogP contribution < -0.4 is 10.9 Å². The van der Waals surface area contributed by atoms with Gasteiger partial charge in [-0.25, -0.2) is 10.9 Å². The number of amides is 2. The minimum Gasteiger partial charge on any atom is -0.339 e. The monoisotopic (exact) mass is 329 g/mol. The Morgan fingerprint density at radius 2 is 1.75 bits per heavy atom. The van der Waals surface area contributed by atoms with Crippen molar-refractivity contribution < 1.29 is 9.59 Å². The largest absolute Gasteiger partial charge is 0.339 e. The number of hydrazine groups is 1. The molecule has 2 amide bonds. The maximum atomic E-state index is 12.7. The first-order valence-corrected chi connectivity index (χ1v) is 8.71. The van der Waals surface area contributed by atoms with Crippen molar-refractivity contribution in [2.75, 3.05) is 26.2 Å². The molecule has 1 aromatic rings. The third-order valence-electron chi connectivity index (χ3n) is 5.12. The summed E-state index contributed by atoms with van der Waals surface area (Å²) in [7, 11) is 0. The number of hydrogen-bond acceptors (Lipinski definition) is 5. The Hall–Kier alpha value is -1.99. The molecule has 2 aliphatic heterocycles. The number of piperazine rings is 1. The maximum absolute atomic E-state index is 12.7. The molecule has 2 atom stereocenters. The summed E-state index contributed by atoms with van der Waals surface area (Å²) in [6, 6.07) is 3.80. The van der Waals surface area contributed by atoms with Crippen molar-refractivity contribution in [1.82, 2.24) is 25.6 Å². The Morgan fingerprint density at radius 1 is 1.04 bits per heavy atom. The number of nitrogens with one attached hydrogen (secondary N) is 2. The first kappa shape index (κ1) is 15.5. The van der Waals surface area contributed by atoms with Gasteiger partial charge in [0.25, 0.3) is 0 Å². The quantitative estimate of drug-likeness (QED) is 0.821. The lowest BCUT2D eigenvalue weighted by atomic mass is 10.0. The number of aromatic nitrogens is 1. The van der Waals surface area contributed by atoms with Gasteiger partial charge in [0, 0.05) is 50.5 Å². The Labute approximate surface area is 141 Å². The van der Waals surface area contributed by atoms with E-state index in [-0.39, 0.29) is 29.8 Å². The van der Waals surface area contributed by atoms with Crippen molar-refractivity contribution in [1.29, 1.82) is 0 Å². The van der Waals surface area contributed by atoms with Crippen LogP contribution in [0.3, 0.4) is 0 Å². The zero-order chi connectivity index (χ0) is 16.5. The lowest BCUT2D eigenvalue weighted by Gasteiger charge is -2.36. The van der Waals surface area contributed by atoms with Crippen LogP contribution in [-0.4, -0.2) is 58.8 Å². The fraction of sp³-hybridized carbons (Fsp3) is 0.588. The van der Waals surface area contributed by atoms with Gasteiger partial charge in [-0.2, -0.15) is 0 Å². The maximum Gasteiger partial charge on any atom is 0.241 e. The molecule has 2 N–H and O–H groups in total. The molecule has 128 valence electrons. The van der Waals surface area contributed by atoms with Crippen LogP contribution >= 0.6 is 0 Å². The van der Waals surface area contributed by atoms with Gasteiger partial charge in [-0.05, 0) is 30.9 Å². The molecule has 3 fully saturated rings. The summed E-state index contributed by atoms with van der Waals surface area (Å²) in [6.45, 7) is 2.58. The Bertz CT molecular complexity index is 611. The number of pyridine rings is 1. The van der Waals surface area contributed by atoms with Crippen LogP contribution in [0.4, 0.5) is 0 Å². The summed E-state index contributed by atoms with van der Waals surface area (Å²) in [4.78, 5) is 32.7. The van der Waals surface area contributed by atoms with Crippen LogP contribution in [0.25, 0.3) is 0 Å². The van der Waals surface area contributed by atoms with Gasteiger partial charge in [0.05, 0.1) is 0 Å². The van der Waals surface area contributed by atoms with Crippen molar-refractivity contribution in [2.45, 2.75) is 31.3 Å². The number of nitrogens with zero attached hydrogens (tertiary/aromatic N) is 3. The zero-order valence-corrected chi connectivity index (χ0v) is 13.6. The van der Waals surface area contributed by atoms with Gasteiger partial charge < -0.3 is 9.80 Å². The van der Waals surface area contributed by atoms with Crippen molar-refractivity contribution in [3.05, 3.63) is 30.1 Å². The molecule has 0 spiro atoms. The second kappa shape index (κ2) is 6.49. The van der Waals surface area contributed by atoms with E-state index in [9.17, 15) is 9.59 Å². The molecule has 2 saturated heterocycles. The Kier molecular flexibility index (Phi) is 4.20. The molecule has 0 aromatic carbocycles. The normalized spacial score (nSPS) is 27.3. The molecule has 4 rings (SSSR count). The molecule has 1 saturated carbocycles. The van der Waals surface area contributed by atoms with E-state index in [2.05, 4.69) is 15.8 Å². The van der Waals surface area contributed by atoms with Crippen LogP contribution in [0.1, 0.15) is 30.9 Å². The number of carbonyl (C=O) groups excluding carboxylic acids is 2. The topological polar surface area (TPSA) is 77.6 Å². The first-order chi connectivity index (χ1) is 11.7. The van der Waals surface area contributed by atoms with Crippen molar-refractivity contribution >= 4 is 11.8 Å². The molecule has 3 aliphatic rings. The highest BCUT2D eigenvalue weighted by Gasteiger charge is 2.37. The van der Waals surface area contributed by atoms with Crippen LogP contribution in [0, 0.1) is 5.92 Å². The molecule has 24 heavy (non-hydrogen) atoms. The average Bonchev–Trinajstić information content (AvgIpc) is 3.38. The second-order valence-electron chi connectivity index (χ2n) is 6.84. The van der Waals surface area contributed by atoms with E-state index in [1.54, 1.807) is 6.20 Å². The highest BCUT2D eigenvalue weighted by atomic mass is 16.2. The van der Waals surface area contributed by atoms with Gasteiger partial charge >= 0.3 is 0 Å². The molecule has 1 aliphatic carbocycles. The van der Waals surface area contributed by atoms with Crippen LogP contribution in [0.5, 0.6) is 0 Å². The fourth-order valence-electron chi connectivity index (χ4n) is 3.47. The average molecular weight is 329 g/mol. The summed E-state index contributed by atoms with van der Waals surface area (Å²) in [6.07, 6.45) is 6.36. The van der Waals surface area contributed by atoms with E-state index in [0.717, 1.165) is 18.4 Å². The summed E-state index contributed by atoms with van der Waals surface area (Å²) < 4.78 is 0. The van der Waals surface area contributed by atoms with E-state index >= 15 is 0 Å². The second-order valence-corrected chi connectivity index (χ2v) is 6.84. The SMILES string of the molecule is O=C(C1CC1)N1CCN(C(=O)C2CC(c3cccnc3)NN2)CC1. The van der Waals surface area contributed by atoms with E-state index < -0.39 is 0 Å². The number of rotatable bonds is 3. The van der Waals surface area contributed by atoms with Crippen LogP contribution in [-0.2, 0) is 9.59 Å². The smallest absolute Gasteiger partial charge is 0.241 e. The van der Waals surface area contributed by atoms with Gasteiger partial charge in [-0.1, -0.05) is 6.07 Å². The third-order valence-corrected chi connectivity index (χ3v) is 5.12. The van der Waals surface area contributed by atoms with Gasteiger partial charge in [-0.3, -0.25) is 14.6 Å². The summed E-state index contributed by atoms with van der Waals surface area (Å²) >= 11 is 0. The Morgan fingerprint density at radius 3 is 2.38 bits per heavy atom. The summed E-state index contributed by atoms with van der Waals surface area (Å²) in [5.41, 5.74) is 7.39. The van der Waals surface area contributed by atoms with E-state index in [1.807, 2.05) is 28.1 Å². The minimum atomic E-state index is -0.221. The molecule has 7 heteroatoms. The molecule has 3 heterocycles. The number of carbonyl (C=O) groups is 2. The van der Waals surface area contributed by atoms with Gasteiger partial charge in [-0.15, -0.1) is 0 Å². The molecule has 2 unspecified atom stereocenters. The fourth-order valence-corrected chi connectivity index (χ4v) is 3.47. The van der Waals surface area contributed by atoms with Gasteiger partial charge in [0.2, 0.25) is 11.8 Å². The van der Waals surface area contributed by atoms with E-state index in [0.29, 0.717) is 32.6 Å². The summed E-state index contributed by atoms with van der Waals surface area (Å²) in [5, 5.41) is 0. The predicted octanol–water partition coefficient (Wildman–Crippen LogP) is 0.0700. The van der Waals surface area contributed by atoms with Crippen LogP contribution in [0.15, 0.2) is 24.5 Å². The lowest BCUT2D eigenvalue weighted by Crippen LogP contribution is -2.55. The first-order valence-electron chi connectivity index (χ1n) is 8.71.